The predicted octanol–water partition coefficient (Wildman–Crippen LogP) is 3.99. The molecule has 0 aliphatic carbocycles. The summed E-state index contributed by atoms with van der Waals surface area (Å²) in [7, 11) is 1.56. The van der Waals surface area contributed by atoms with Gasteiger partial charge >= 0.3 is 5.97 Å². The fourth-order valence-corrected chi connectivity index (χ4v) is 4.26. The molecule has 1 N–H and O–H groups in total. The second-order valence-electron chi connectivity index (χ2n) is 7.33. The first-order valence-electron chi connectivity index (χ1n) is 9.77. The largest absolute Gasteiger partial charge is 0.497 e. The van der Waals surface area contributed by atoms with Crippen LogP contribution in [0.15, 0.2) is 66.7 Å². The number of nitrogens with zero attached hydrogens (tertiary/aromatic N) is 1. The van der Waals surface area contributed by atoms with Gasteiger partial charge in [-0.05, 0) is 41.5 Å². The third kappa shape index (κ3) is 3.06. The van der Waals surface area contributed by atoms with Crippen LogP contribution in [0.2, 0.25) is 0 Å². The Morgan fingerprint density at radius 2 is 1.77 bits per heavy atom. The standard InChI is InChI=1S/C24H19NO6/c1-29-16-9-6-14(7-10-16)22-21(24(27)28)17-4-2-3-5-18(17)23(26)25(22)15-8-11-19-20(12-15)31-13-30-19/h2-12,21-22H,13H2,1H3,(H,27,28)/t21-,22+/m0/s1. The Kier molecular flexibility index (Phi) is 4.51. The van der Waals surface area contributed by atoms with E-state index in [1.165, 1.54) is 4.90 Å². The van der Waals surface area contributed by atoms with Crippen molar-refractivity contribution >= 4 is 17.6 Å². The van der Waals surface area contributed by atoms with Gasteiger partial charge in [-0.15, -0.1) is 0 Å². The van der Waals surface area contributed by atoms with Crippen molar-refractivity contribution in [3.05, 3.63) is 83.4 Å². The summed E-state index contributed by atoms with van der Waals surface area (Å²) in [6.07, 6.45) is 0. The van der Waals surface area contributed by atoms with E-state index in [1.54, 1.807) is 73.8 Å². The van der Waals surface area contributed by atoms with Gasteiger partial charge in [0, 0.05) is 17.3 Å². The number of amides is 1. The van der Waals surface area contributed by atoms with Crippen LogP contribution in [0.4, 0.5) is 5.69 Å². The summed E-state index contributed by atoms with van der Waals surface area (Å²) in [4.78, 5) is 27.6. The number of methoxy groups -OCH3 is 1. The van der Waals surface area contributed by atoms with Gasteiger partial charge in [0.25, 0.3) is 5.91 Å². The van der Waals surface area contributed by atoms with E-state index >= 15 is 0 Å². The predicted molar refractivity (Wildman–Crippen MR) is 112 cm³/mol. The van der Waals surface area contributed by atoms with E-state index < -0.39 is 17.9 Å². The zero-order valence-electron chi connectivity index (χ0n) is 16.6. The molecule has 3 aromatic carbocycles. The van der Waals surface area contributed by atoms with Crippen molar-refractivity contribution in [3.63, 3.8) is 0 Å². The molecule has 31 heavy (non-hydrogen) atoms. The van der Waals surface area contributed by atoms with Gasteiger partial charge in [-0.3, -0.25) is 14.5 Å². The van der Waals surface area contributed by atoms with E-state index in [0.29, 0.717) is 39.6 Å². The summed E-state index contributed by atoms with van der Waals surface area (Å²) in [5.74, 6) is -0.478. The lowest BCUT2D eigenvalue weighted by Gasteiger charge is -2.40. The first-order chi connectivity index (χ1) is 15.1. The van der Waals surface area contributed by atoms with Crippen molar-refractivity contribution in [1.82, 2.24) is 0 Å². The van der Waals surface area contributed by atoms with E-state index in [-0.39, 0.29) is 12.7 Å². The Balaban J connectivity index is 1.72. The summed E-state index contributed by atoms with van der Waals surface area (Å²) < 4.78 is 16.1. The van der Waals surface area contributed by atoms with Crippen LogP contribution in [-0.2, 0) is 4.79 Å². The van der Waals surface area contributed by atoms with Crippen LogP contribution in [0, 0.1) is 0 Å². The zero-order valence-corrected chi connectivity index (χ0v) is 16.6. The van der Waals surface area contributed by atoms with Crippen LogP contribution in [0.1, 0.15) is 33.4 Å². The van der Waals surface area contributed by atoms with E-state index in [9.17, 15) is 14.7 Å². The summed E-state index contributed by atoms with van der Waals surface area (Å²) >= 11 is 0. The van der Waals surface area contributed by atoms with Gasteiger partial charge in [-0.1, -0.05) is 30.3 Å². The average Bonchev–Trinajstić information content (AvgIpc) is 3.26. The van der Waals surface area contributed by atoms with Crippen LogP contribution < -0.4 is 19.1 Å². The summed E-state index contributed by atoms with van der Waals surface area (Å²) in [6.45, 7) is 0.106. The first kappa shape index (κ1) is 19.0. The zero-order chi connectivity index (χ0) is 21.5. The number of carboxylic acids is 1. The Labute approximate surface area is 178 Å². The number of hydrogen-bond donors (Lipinski definition) is 1. The number of ether oxygens (including phenoxy) is 3. The van der Waals surface area contributed by atoms with E-state index in [0.717, 1.165) is 0 Å². The molecule has 2 atom stereocenters. The Morgan fingerprint density at radius 1 is 1.03 bits per heavy atom. The fraction of sp³-hybridized carbons (Fsp3) is 0.167. The van der Waals surface area contributed by atoms with Crippen LogP contribution in [-0.4, -0.2) is 30.9 Å². The van der Waals surface area contributed by atoms with Gasteiger partial charge in [-0.2, -0.15) is 0 Å². The summed E-state index contributed by atoms with van der Waals surface area (Å²) in [5.41, 5.74) is 2.10. The third-order valence-electron chi connectivity index (χ3n) is 5.70. The molecule has 3 aromatic rings. The molecule has 156 valence electrons. The lowest BCUT2D eigenvalue weighted by molar-refractivity contribution is -0.139. The molecular weight excluding hydrogens is 398 g/mol. The molecule has 5 rings (SSSR count). The second-order valence-corrected chi connectivity index (χ2v) is 7.33. The molecule has 0 radical (unpaired) electrons. The van der Waals surface area contributed by atoms with Gasteiger partial charge in [-0.25, -0.2) is 0 Å². The number of rotatable bonds is 4. The number of hydrogen-bond acceptors (Lipinski definition) is 5. The molecule has 2 aliphatic rings. The molecule has 0 saturated carbocycles. The van der Waals surface area contributed by atoms with Crippen molar-refractivity contribution < 1.29 is 28.9 Å². The van der Waals surface area contributed by atoms with Crippen molar-refractivity contribution in [2.75, 3.05) is 18.8 Å². The van der Waals surface area contributed by atoms with Crippen LogP contribution in [0.3, 0.4) is 0 Å². The molecule has 0 saturated heterocycles. The van der Waals surface area contributed by atoms with Crippen LogP contribution in [0.25, 0.3) is 0 Å². The molecule has 0 bridgehead atoms. The van der Waals surface area contributed by atoms with Gasteiger partial charge < -0.3 is 19.3 Å². The quantitative estimate of drug-likeness (QED) is 0.691. The van der Waals surface area contributed by atoms with E-state index in [1.807, 2.05) is 0 Å². The lowest BCUT2D eigenvalue weighted by Crippen LogP contribution is -2.45. The third-order valence-corrected chi connectivity index (χ3v) is 5.70. The summed E-state index contributed by atoms with van der Waals surface area (Å²) in [5, 5.41) is 10.2. The monoisotopic (exact) mass is 417 g/mol. The van der Waals surface area contributed by atoms with Crippen LogP contribution in [0.5, 0.6) is 17.2 Å². The lowest BCUT2D eigenvalue weighted by atomic mass is 9.79. The maximum absolute atomic E-state index is 13.6. The average molecular weight is 417 g/mol. The number of anilines is 1. The van der Waals surface area contributed by atoms with Crippen molar-refractivity contribution in [1.29, 1.82) is 0 Å². The Hall–Kier alpha value is -4.00. The van der Waals surface area contributed by atoms with E-state index in [4.69, 9.17) is 14.2 Å². The maximum Gasteiger partial charge on any atom is 0.313 e. The molecule has 7 heteroatoms. The SMILES string of the molecule is COc1ccc([C@@H]2[C@@H](C(=O)O)c3ccccc3C(=O)N2c2ccc3c(c2)OCO3)cc1. The van der Waals surface area contributed by atoms with Gasteiger partial charge in [0.1, 0.15) is 11.7 Å². The number of carbonyl (C=O) groups excluding carboxylic acids is 1. The maximum atomic E-state index is 13.6. The highest BCUT2D eigenvalue weighted by Crippen LogP contribution is 2.47. The van der Waals surface area contributed by atoms with Crippen molar-refractivity contribution in [3.8, 4) is 17.2 Å². The number of carbonyl (C=O) groups is 2. The van der Waals surface area contributed by atoms with Gasteiger partial charge in [0.05, 0.1) is 13.2 Å². The van der Waals surface area contributed by atoms with E-state index in [2.05, 4.69) is 0 Å². The molecular formula is C24H19NO6. The fourth-order valence-electron chi connectivity index (χ4n) is 4.26. The smallest absolute Gasteiger partial charge is 0.313 e. The van der Waals surface area contributed by atoms with Crippen molar-refractivity contribution in [2.24, 2.45) is 0 Å². The summed E-state index contributed by atoms with van der Waals surface area (Å²) in [6, 6.07) is 18.4. The highest BCUT2D eigenvalue weighted by atomic mass is 16.7. The topological polar surface area (TPSA) is 85.3 Å². The highest BCUT2D eigenvalue weighted by Gasteiger charge is 2.45. The number of aliphatic carboxylic acids is 1. The first-order valence-corrected chi connectivity index (χ1v) is 9.77. The highest BCUT2D eigenvalue weighted by molar-refractivity contribution is 6.11. The number of carboxylic acid groups (broad SMARTS) is 1. The minimum Gasteiger partial charge on any atom is -0.497 e. The van der Waals surface area contributed by atoms with Crippen LogP contribution >= 0.6 is 0 Å². The Morgan fingerprint density at radius 3 is 2.52 bits per heavy atom. The molecule has 7 nitrogen and oxygen atoms in total. The normalized spacial score (nSPS) is 19.1. The number of fused-ring (bicyclic) bond motifs is 2. The molecule has 0 spiro atoms. The molecule has 2 heterocycles. The minimum absolute atomic E-state index is 0.106. The minimum atomic E-state index is -1.01. The van der Waals surface area contributed by atoms with Gasteiger partial charge in [0.15, 0.2) is 11.5 Å². The Bertz CT molecular complexity index is 1170. The molecule has 1 amide bonds. The molecule has 0 unspecified atom stereocenters. The van der Waals surface area contributed by atoms with Crippen molar-refractivity contribution in [2.45, 2.75) is 12.0 Å². The second kappa shape index (κ2) is 7.36. The molecule has 0 fully saturated rings. The van der Waals surface area contributed by atoms with Gasteiger partial charge in [0.2, 0.25) is 6.79 Å². The number of benzene rings is 3. The molecule has 0 aromatic heterocycles. The molecule has 2 aliphatic heterocycles.